The Kier molecular flexibility index (Phi) is 4.31. The average molecular weight is 202 g/mol. The van der Waals surface area contributed by atoms with Crippen LogP contribution >= 0.6 is 0 Å². The Bertz CT molecular complexity index is 168. The molecule has 0 saturated carbocycles. The molecule has 1 fully saturated rings. The third kappa shape index (κ3) is 3.92. The normalized spacial score (nSPS) is 26.8. The molecule has 1 heterocycles. The van der Waals surface area contributed by atoms with Gasteiger partial charge >= 0.3 is 0 Å². The van der Waals surface area contributed by atoms with Gasteiger partial charge in [-0.3, -0.25) is 0 Å². The van der Waals surface area contributed by atoms with Gasteiger partial charge in [0.1, 0.15) is 0 Å². The summed E-state index contributed by atoms with van der Waals surface area (Å²) >= 11 is 0. The van der Waals surface area contributed by atoms with E-state index in [0.717, 1.165) is 26.0 Å². The lowest BCUT2D eigenvalue weighted by Crippen LogP contribution is -2.46. The van der Waals surface area contributed by atoms with Gasteiger partial charge in [-0.05, 0) is 26.8 Å². The zero-order valence-corrected chi connectivity index (χ0v) is 9.20. The Morgan fingerprint density at radius 2 is 2.36 bits per heavy atom. The maximum atomic E-state index is 9.76. The monoisotopic (exact) mass is 202 g/mol. The van der Waals surface area contributed by atoms with Gasteiger partial charge < -0.3 is 20.5 Å². The first-order valence-electron chi connectivity index (χ1n) is 5.26. The van der Waals surface area contributed by atoms with Crippen LogP contribution in [0, 0.1) is 0 Å². The fraction of sp³-hybridized carbons (Fsp3) is 1.00. The number of likely N-dealkylation sites (N-methyl/N-ethyl adjacent to an activating group) is 1. The van der Waals surface area contributed by atoms with Gasteiger partial charge in [0.2, 0.25) is 0 Å². The van der Waals surface area contributed by atoms with Crippen LogP contribution in [0.2, 0.25) is 0 Å². The first-order chi connectivity index (χ1) is 6.53. The number of ether oxygens (including phenoxy) is 1. The first-order valence-corrected chi connectivity index (χ1v) is 5.26. The molecule has 0 radical (unpaired) electrons. The van der Waals surface area contributed by atoms with Crippen molar-refractivity contribution < 1.29 is 9.84 Å². The lowest BCUT2D eigenvalue weighted by Gasteiger charge is -2.29. The number of hydrogen-bond acceptors (Lipinski definition) is 4. The predicted octanol–water partition coefficient (Wildman–Crippen LogP) is -0.193. The molecule has 0 aliphatic carbocycles. The molecule has 1 rings (SSSR count). The number of rotatable bonds is 5. The third-order valence-corrected chi connectivity index (χ3v) is 2.59. The van der Waals surface area contributed by atoms with E-state index in [2.05, 4.69) is 4.90 Å². The SMILES string of the molecule is CN(CC1CCCO1)CC(C)(O)CN. The summed E-state index contributed by atoms with van der Waals surface area (Å²) in [5.41, 5.74) is 4.67. The van der Waals surface area contributed by atoms with Crippen molar-refractivity contribution in [1.82, 2.24) is 4.90 Å². The molecule has 0 aromatic heterocycles. The minimum absolute atomic E-state index is 0.295. The summed E-state index contributed by atoms with van der Waals surface area (Å²) in [6.07, 6.45) is 2.63. The van der Waals surface area contributed by atoms with Gasteiger partial charge in [-0.25, -0.2) is 0 Å². The van der Waals surface area contributed by atoms with Crippen LogP contribution in [0.1, 0.15) is 19.8 Å². The molecule has 0 aromatic rings. The molecule has 84 valence electrons. The fourth-order valence-electron chi connectivity index (χ4n) is 1.85. The maximum Gasteiger partial charge on any atom is 0.0867 e. The molecule has 2 unspecified atom stereocenters. The molecule has 3 N–H and O–H groups in total. The van der Waals surface area contributed by atoms with Crippen LogP contribution in [-0.2, 0) is 4.74 Å². The largest absolute Gasteiger partial charge is 0.388 e. The van der Waals surface area contributed by atoms with E-state index < -0.39 is 5.60 Å². The van der Waals surface area contributed by atoms with E-state index in [1.165, 1.54) is 0 Å². The van der Waals surface area contributed by atoms with Crippen molar-refractivity contribution in [1.29, 1.82) is 0 Å². The molecule has 4 heteroatoms. The second kappa shape index (κ2) is 5.07. The summed E-state index contributed by atoms with van der Waals surface area (Å²) < 4.78 is 5.52. The molecule has 1 aliphatic heterocycles. The van der Waals surface area contributed by atoms with Gasteiger partial charge in [0.05, 0.1) is 11.7 Å². The molecule has 0 amide bonds. The number of nitrogens with zero attached hydrogens (tertiary/aromatic N) is 1. The molecule has 14 heavy (non-hydrogen) atoms. The molecular weight excluding hydrogens is 180 g/mol. The van der Waals surface area contributed by atoms with Gasteiger partial charge in [0.25, 0.3) is 0 Å². The van der Waals surface area contributed by atoms with Crippen LogP contribution < -0.4 is 5.73 Å². The van der Waals surface area contributed by atoms with Crippen molar-refractivity contribution in [3.8, 4) is 0 Å². The Balaban J connectivity index is 2.23. The van der Waals surface area contributed by atoms with Crippen molar-refractivity contribution >= 4 is 0 Å². The van der Waals surface area contributed by atoms with Crippen LogP contribution in [0.25, 0.3) is 0 Å². The summed E-state index contributed by atoms with van der Waals surface area (Å²) in [7, 11) is 1.99. The molecule has 0 spiro atoms. The summed E-state index contributed by atoms with van der Waals surface area (Å²) in [5.74, 6) is 0. The smallest absolute Gasteiger partial charge is 0.0867 e. The second-order valence-electron chi connectivity index (χ2n) is 4.53. The quantitative estimate of drug-likeness (QED) is 0.648. The summed E-state index contributed by atoms with van der Waals surface area (Å²) in [6.45, 7) is 4.42. The fourth-order valence-corrected chi connectivity index (χ4v) is 1.85. The first kappa shape index (κ1) is 11.9. The van der Waals surface area contributed by atoms with E-state index in [-0.39, 0.29) is 0 Å². The van der Waals surface area contributed by atoms with Crippen molar-refractivity contribution in [3.63, 3.8) is 0 Å². The molecule has 2 atom stereocenters. The third-order valence-electron chi connectivity index (χ3n) is 2.59. The minimum atomic E-state index is -0.784. The molecule has 4 nitrogen and oxygen atoms in total. The van der Waals surface area contributed by atoms with E-state index in [1.54, 1.807) is 6.92 Å². The highest BCUT2D eigenvalue weighted by molar-refractivity contribution is 4.79. The van der Waals surface area contributed by atoms with Gasteiger partial charge in [0.15, 0.2) is 0 Å². The van der Waals surface area contributed by atoms with Crippen molar-refractivity contribution in [2.45, 2.75) is 31.5 Å². The van der Waals surface area contributed by atoms with Crippen LogP contribution in [0.5, 0.6) is 0 Å². The molecule has 0 aromatic carbocycles. The number of aliphatic hydroxyl groups is 1. The number of nitrogens with two attached hydrogens (primary N) is 1. The average Bonchev–Trinajstić information content (AvgIpc) is 2.55. The Morgan fingerprint density at radius 3 is 2.86 bits per heavy atom. The van der Waals surface area contributed by atoms with Gasteiger partial charge in [-0.2, -0.15) is 0 Å². The van der Waals surface area contributed by atoms with E-state index in [4.69, 9.17) is 10.5 Å². The van der Waals surface area contributed by atoms with E-state index in [9.17, 15) is 5.11 Å². The van der Waals surface area contributed by atoms with E-state index in [0.29, 0.717) is 19.2 Å². The maximum absolute atomic E-state index is 9.76. The molecule has 1 aliphatic rings. The summed E-state index contributed by atoms with van der Waals surface area (Å²) in [5, 5.41) is 9.76. The van der Waals surface area contributed by atoms with Crippen molar-refractivity contribution in [3.05, 3.63) is 0 Å². The summed E-state index contributed by atoms with van der Waals surface area (Å²) in [6, 6.07) is 0. The van der Waals surface area contributed by atoms with E-state index >= 15 is 0 Å². The molecule has 1 saturated heterocycles. The van der Waals surface area contributed by atoms with Crippen LogP contribution in [0.15, 0.2) is 0 Å². The molecule has 0 bridgehead atoms. The highest BCUT2D eigenvalue weighted by Crippen LogP contribution is 2.13. The predicted molar refractivity (Wildman–Crippen MR) is 56.1 cm³/mol. The van der Waals surface area contributed by atoms with Gasteiger partial charge in [0, 0.05) is 26.2 Å². The lowest BCUT2D eigenvalue weighted by molar-refractivity contribution is 0.0153. The highest BCUT2D eigenvalue weighted by Gasteiger charge is 2.23. The summed E-state index contributed by atoms with van der Waals surface area (Å²) in [4.78, 5) is 2.09. The highest BCUT2D eigenvalue weighted by atomic mass is 16.5. The van der Waals surface area contributed by atoms with Crippen LogP contribution in [-0.4, -0.2) is 55.0 Å². The van der Waals surface area contributed by atoms with Gasteiger partial charge in [-0.15, -0.1) is 0 Å². The second-order valence-corrected chi connectivity index (χ2v) is 4.53. The zero-order valence-electron chi connectivity index (χ0n) is 9.20. The van der Waals surface area contributed by atoms with Crippen molar-refractivity contribution in [2.75, 3.05) is 33.3 Å². The van der Waals surface area contributed by atoms with Crippen LogP contribution in [0.4, 0.5) is 0 Å². The topological polar surface area (TPSA) is 58.7 Å². The van der Waals surface area contributed by atoms with Crippen LogP contribution in [0.3, 0.4) is 0 Å². The Morgan fingerprint density at radius 1 is 1.64 bits per heavy atom. The molecular formula is C10H22N2O2. The Hall–Kier alpha value is -0.160. The Labute approximate surface area is 86.0 Å². The van der Waals surface area contributed by atoms with Crippen molar-refractivity contribution in [2.24, 2.45) is 5.73 Å². The van der Waals surface area contributed by atoms with E-state index in [1.807, 2.05) is 7.05 Å². The lowest BCUT2D eigenvalue weighted by atomic mass is 10.1. The zero-order chi connectivity index (χ0) is 10.6. The number of hydrogen-bond donors (Lipinski definition) is 2. The standard InChI is InChI=1S/C10H22N2O2/c1-10(13,7-11)8-12(2)6-9-4-3-5-14-9/h9,13H,3-8,11H2,1-2H3. The van der Waals surface area contributed by atoms with Gasteiger partial charge in [-0.1, -0.05) is 0 Å². The minimum Gasteiger partial charge on any atom is -0.388 e.